The molecule has 11 heteroatoms. The molecule has 3 heterocycles. The van der Waals surface area contributed by atoms with Crippen LogP contribution in [-0.2, 0) is 14.8 Å². The summed E-state index contributed by atoms with van der Waals surface area (Å²) in [6.07, 6.45) is 4.08. The summed E-state index contributed by atoms with van der Waals surface area (Å²) in [4.78, 5) is 19.4. The number of carbonyl (C=O) groups excluding carboxylic acids is 1. The lowest BCUT2D eigenvalue weighted by molar-refractivity contribution is 0.0917. The summed E-state index contributed by atoms with van der Waals surface area (Å²) in [5.41, 5.74) is 0.267. The summed E-state index contributed by atoms with van der Waals surface area (Å²) in [5.74, 6) is -1.92. The Labute approximate surface area is 212 Å². The Morgan fingerprint density at radius 2 is 1.94 bits per heavy atom. The van der Waals surface area contributed by atoms with Crippen LogP contribution in [-0.4, -0.2) is 55.5 Å². The van der Waals surface area contributed by atoms with E-state index in [0.717, 1.165) is 49.5 Å². The molecule has 0 bridgehead atoms. The summed E-state index contributed by atoms with van der Waals surface area (Å²) in [6.45, 7) is 3.18. The van der Waals surface area contributed by atoms with Crippen molar-refractivity contribution in [2.24, 2.45) is 0 Å². The van der Waals surface area contributed by atoms with Gasteiger partial charge in [-0.05, 0) is 62.9 Å². The van der Waals surface area contributed by atoms with Gasteiger partial charge in [0, 0.05) is 30.8 Å². The van der Waals surface area contributed by atoms with Gasteiger partial charge < -0.3 is 4.74 Å². The van der Waals surface area contributed by atoms with Crippen LogP contribution >= 0.6 is 11.3 Å². The predicted molar refractivity (Wildman–Crippen MR) is 134 cm³/mol. The van der Waals surface area contributed by atoms with E-state index >= 15 is 0 Å². The van der Waals surface area contributed by atoms with Crippen molar-refractivity contribution in [2.75, 3.05) is 24.6 Å². The summed E-state index contributed by atoms with van der Waals surface area (Å²) >= 11 is 1.02. The molecule has 2 aliphatic rings. The first kappa shape index (κ1) is 25.2. The Kier molecular flexibility index (Phi) is 7.08. The number of carbonyl (C=O) groups is 1. The molecule has 2 atom stereocenters. The minimum atomic E-state index is -3.67. The van der Waals surface area contributed by atoms with Gasteiger partial charge in [0.2, 0.25) is 10.0 Å². The standard InChI is InChI=1S/C25H27F2N3O4S2/c1-16-5-2-3-11-30(16)36(32,33)20-9-7-17(8-10-20)24(31)29(15-19-6-4-12-34-19)25-28-23-21(27)13-18(26)14-22(23)35-25/h7-10,13-14,16,19H,2-6,11-12,15H2,1H3. The third-order valence-corrected chi connectivity index (χ3v) is 9.79. The summed E-state index contributed by atoms with van der Waals surface area (Å²) in [6, 6.07) is 7.75. The van der Waals surface area contributed by atoms with Gasteiger partial charge in [-0.3, -0.25) is 9.69 Å². The number of ether oxygens (including phenoxy) is 1. The van der Waals surface area contributed by atoms with Crippen LogP contribution in [0.4, 0.5) is 13.9 Å². The number of thiazole rings is 1. The quantitative estimate of drug-likeness (QED) is 0.446. The number of fused-ring (bicyclic) bond motifs is 1. The number of hydrogen-bond acceptors (Lipinski definition) is 6. The molecule has 192 valence electrons. The maximum absolute atomic E-state index is 14.3. The molecular formula is C25H27F2N3O4S2. The molecule has 2 unspecified atom stereocenters. The lowest BCUT2D eigenvalue weighted by atomic mass is 10.1. The predicted octanol–water partition coefficient (Wildman–Crippen LogP) is 4.96. The molecule has 1 aromatic heterocycles. The number of nitrogens with zero attached hydrogens (tertiary/aromatic N) is 3. The zero-order valence-electron chi connectivity index (χ0n) is 19.8. The molecule has 2 aromatic carbocycles. The van der Waals surface area contributed by atoms with E-state index in [9.17, 15) is 22.0 Å². The van der Waals surface area contributed by atoms with E-state index in [1.54, 1.807) is 0 Å². The Hall–Kier alpha value is -2.47. The fraction of sp³-hybridized carbons (Fsp3) is 0.440. The van der Waals surface area contributed by atoms with Gasteiger partial charge in [0.05, 0.1) is 22.2 Å². The van der Waals surface area contributed by atoms with Gasteiger partial charge in [-0.25, -0.2) is 22.2 Å². The Bertz CT molecular complexity index is 1370. The number of rotatable bonds is 6. The molecule has 5 rings (SSSR count). The maximum Gasteiger partial charge on any atom is 0.260 e. The molecule has 2 saturated heterocycles. The van der Waals surface area contributed by atoms with E-state index < -0.39 is 27.6 Å². The average Bonchev–Trinajstić information content (AvgIpc) is 3.52. The van der Waals surface area contributed by atoms with Gasteiger partial charge in [-0.2, -0.15) is 4.31 Å². The third kappa shape index (κ3) is 4.89. The number of sulfonamides is 1. The third-order valence-electron chi connectivity index (χ3n) is 6.74. The first-order valence-electron chi connectivity index (χ1n) is 12.0. The zero-order valence-corrected chi connectivity index (χ0v) is 21.5. The van der Waals surface area contributed by atoms with Crippen molar-refractivity contribution in [3.05, 3.63) is 53.6 Å². The van der Waals surface area contributed by atoms with Gasteiger partial charge in [0.1, 0.15) is 11.3 Å². The number of anilines is 1. The first-order chi connectivity index (χ1) is 17.2. The highest BCUT2D eigenvalue weighted by atomic mass is 32.2. The zero-order chi connectivity index (χ0) is 25.4. The highest BCUT2D eigenvalue weighted by molar-refractivity contribution is 7.89. The summed E-state index contributed by atoms with van der Waals surface area (Å²) < 4.78 is 61.9. The number of piperidine rings is 1. The lowest BCUT2D eigenvalue weighted by Gasteiger charge is -2.32. The minimum absolute atomic E-state index is 0.00127. The highest BCUT2D eigenvalue weighted by Gasteiger charge is 2.32. The summed E-state index contributed by atoms with van der Waals surface area (Å²) in [5, 5.41) is 0.230. The summed E-state index contributed by atoms with van der Waals surface area (Å²) in [7, 11) is -3.67. The Morgan fingerprint density at radius 3 is 2.64 bits per heavy atom. The van der Waals surface area contributed by atoms with E-state index in [-0.39, 0.29) is 39.8 Å². The molecule has 0 spiro atoms. The maximum atomic E-state index is 14.3. The van der Waals surface area contributed by atoms with Crippen molar-refractivity contribution >= 4 is 42.6 Å². The first-order valence-corrected chi connectivity index (χ1v) is 14.3. The topological polar surface area (TPSA) is 79.8 Å². The van der Waals surface area contributed by atoms with Gasteiger partial charge >= 0.3 is 0 Å². The van der Waals surface area contributed by atoms with Crippen LogP contribution in [0.2, 0.25) is 0 Å². The van der Waals surface area contributed by atoms with E-state index in [4.69, 9.17) is 4.74 Å². The van der Waals surface area contributed by atoms with Crippen LogP contribution in [0.15, 0.2) is 41.3 Å². The number of amides is 1. The van der Waals surface area contributed by atoms with E-state index in [1.165, 1.54) is 39.5 Å². The van der Waals surface area contributed by atoms with Gasteiger partial charge in [0.15, 0.2) is 10.9 Å². The van der Waals surface area contributed by atoms with Crippen LogP contribution in [0.5, 0.6) is 0 Å². The second-order valence-corrected chi connectivity index (χ2v) is 12.2. The van der Waals surface area contributed by atoms with Gasteiger partial charge in [-0.1, -0.05) is 17.8 Å². The minimum Gasteiger partial charge on any atom is -0.376 e. The molecule has 1 amide bonds. The SMILES string of the molecule is CC1CCCCN1S(=O)(=O)c1ccc(C(=O)N(CC2CCCO2)c2nc3c(F)cc(F)cc3s2)cc1. The largest absolute Gasteiger partial charge is 0.376 e. The normalized spacial score (nSPS) is 21.2. The fourth-order valence-electron chi connectivity index (χ4n) is 4.79. The number of hydrogen-bond donors (Lipinski definition) is 0. The number of benzene rings is 2. The van der Waals surface area contributed by atoms with Gasteiger partial charge in [0.25, 0.3) is 5.91 Å². The second-order valence-electron chi connectivity index (χ2n) is 9.27. The fourth-order valence-corrected chi connectivity index (χ4v) is 7.50. The van der Waals surface area contributed by atoms with Crippen LogP contribution in [0.3, 0.4) is 0 Å². The smallest absolute Gasteiger partial charge is 0.260 e. The average molecular weight is 536 g/mol. The molecule has 0 N–H and O–H groups in total. The van der Waals surface area contributed by atoms with Crippen LogP contribution in [0, 0.1) is 11.6 Å². The molecular weight excluding hydrogens is 508 g/mol. The molecule has 2 fully saturated rings. The van der Waals surface area contributed by atoms with E-state index in [0.29, 0.717) is 17.9 Å². The number of aromatic nitrogens is 1. The molecule has 3 aromatic rings. The molecule has 0 radical (unpaired) electrons. The van der Waals surface area contributed by atoms with Crippen molar-refractivity contribution in [2.45, 2.75) is 56.1 Å². The van der Waals surface area contributed by atoms with Gasteiger partial charge in [-0.15, -0.1) is 0 Å². The molecule has 0 saturated carbocycles. The van der Waals surface area contributed by atoms with E-state index in [2.05, 4.69) is 4.98 Å². The molecule has 7 nitrogen and oxygen atoms in total. The second kappa shape index (κ2) is 10.1. The van der Waals surface area contributed by atoms with E-state index in [1.807, 2.05) is 6.92 Å². The highest BCUT2D eigenvalue weighted by Crippen LogP contribution is 2.33. The van der Waals surface area contributed by atoms with Crippen molar-refractivity contribution < 1.29 is 26.7 Å². The van der Waals surface area contributed by atoms with Crippen LogP contribution in [0.25, 0.3) is 10.2 Å². The Morgan fingerprint density at radius 1 is 1.17 bits per heavy atom. The van der Waals surface area contributed by atoms with Crippen LogP contribution < -0.4 is 4.90 Å². The van der Waals surface area contributed by atoms with Crippen molar-refractivity contribution in [3.63, 3.8) is 0 Å². The molecule has 0 aliphatic carbocycles. The van der Waals surface area contributed by atoms with Crippen LogP contribution in [0.1, 0.15) is 49.4 Å². The number of halogens is 2. The Balaban J connectivity index is 1.45. The lowest BCUT2D eigenvalue weighted by Crippen LogP contribution is -2.42. The monoisotopic (exact) mass is 535 g/mol. The molecule has 36 heavy (non-hydrogen) atoms. The molecule has 2 aliphatic heterocycles. The van der Waals surface area contributed by atoms with Crippen molar-refractivity contribution in [1.29, 1.82) is 0 Å². The van der Waals surface area contributed by atoms with Crippen molar-refractivity contribution in [3.8, 4) is 0 Å². The van der Waals surface area contributed by atoms with Crippen molar-refractivity contribution in [1.82, 2.24) is 9.29 Å².